The van der Waals surface area contributed by atoms with Crippen LogP contribution < -0.4 is 0 Å². The van der Waals surface area contributed by atoms with Gasteiger partial charge in [0.15, 0.2) is 6.10 Å². The number of aliphatic hydroxyl groups excluding tert-OH is 2. The molecule has 120 valence electrons. The number of hydrogen-bond acceptors (Lipinski definition) is 5. The largest absolute Gasteiger partial charge is 0.454 e. The summed E-state index contributed by atoms with van der Waals surface area (Å²) >= 11 is 0. The van der Waals surface area contributed by atoms with Gasteiger partial charge >= 0.3 is 5.97 Å². The van der Waals surface area contributed by atoms with E-state index in [1.165, 1.54) is 6.08 Å². The van der Waals surface area contributed by atoms with Crippen molar-refractivity contribution in [3.63, 3.8) is 0 Å². The molecule has 0 aromatic heterocycles. The van der Waals surface area contributed by atoms with Gasteiger partial charge in [0, 0.05) is 17.9 Å². The van der Waals surface area contributed by atoms with Gasteiger partial charge in [0.05, 0.1) is 12.7 Å². The van der Waals surface area contributed by atoms with Gasteiger partial charge in [-0.2, -0.15) is 0 Å². The zero-order valence-electron chi connectivity index (χ0n) is 13.2. The zero-order valence-corrected chi connectivity index (χ0v) is 13.2. The van der Waals surface area contributed by atoms with E-state index in [0.29, 0.717) is 0 Å². The molecular weight excluding hydrogens is 272 g/mol. The summed E-state index contributed by atoms with van der Waals surface area (Å²) < 4.78 is 5.35. The van der Waals surface area contributed by atoms with Gasteiger partial charge in [-0.1, -0.05) is 34.1 Å². The molecule has 1 aliphatic carbocycles. The van der Waals surface area contributed by atoms with Gasteiger partial charge in [-0.3, -0.25) is 9.59 Å². The van der Waals surface area contributed by atoms with Crippen molar-refractivity contribution in [3.05, 3.63) is 11.6 Å². The van der Waals surface area contributed by atoms with Crippen LogP contribution in [0.25, 0.3) is 0 Å². The number of ketones is 1. The van der Waals surface area contributed by atoms with Crippen molar-refractivity contribution in [2.24, 2.45) is 17.8 Å². The van der Waals surface area contributed by atoms with E-state index in [4.69, 9.17) is 4.74 Å². The maximum Gasteiger partial charge on any atom is 0.306 e. The summed E-state index contributed by atoms with van der Waals surface area (Å²) in [6, 6.07) is 0. The van der Waals surface area contributed by atoms with Crippen LogP contribution in [0.1, 0.15) is 40.5 Å². The molecule has 5 heteroatoms. The molecule has 0 amide bonds. The molecule has 21 heavy (non-hydrogen) atoms. The molecule has 0 unspecified atom stereocenters. The number of rotatable bonds is 6. The smallest absolute Gasteiger partial charge is 0.306 e. The van der Waals surface area contributed by atoms with E-state index >= 15 is 0 Å². The summed E-state index contributed by atoms with van der Waals surface area (Å²) in [4.78, 5) is 24.2. The average Bonchev–Trinajstić information content (AvgIpc) is 2.41. The molecule has 4 atom stereocenters. The van der Waals surface area contributed by atoms with Crippen LogP contribution in [-0.2, 0) is 14.3 Å². The lowest BCUT2D eigenvalue weighted by Crippen LogP contribution is -2.47. The lowest BCUT2D eigenvalue weighted by molar-refractivity contribution is -0.162. The summed E-state index contributed by atoms with van der Waals surface area (Å²) in [5, 5.41) is 19.3. The van der Waals surface area contributed by atoms with Crippen molar-refractivity contribution < 1.29 is 24.5 Å². The highest BCUT2D eigenvalue weighted by atomic mass is 16.5. The summed E-state index contributed by atoms with van der Waals surface area (Å²) in [5.74, 6) is -1.15. The molecular formula is C16H26O5. The number of carbonyl (C=O) groups excluding carboxylic acids is 2. The van der Waals surface area contributed by atoms with Gasteiger partial charge in [-0.15, -0.1) is 0 Å². The highest BCUT2D eigenvalue weighted by Crippen LogP contribution is 2.30. The number of ether oxygens (including phenoxy) is 1. The molecule has 0 aliphatic heterocycles. The van der Waals surface area contributed by atoms with Gasteiger partial charge in [0.2, 0.25) is 5.78 Å². The Bertz CT molecular complexity index is 413. The van der Waals surface area contributed by atoms with Crippen molar-refractivity contribution in [2.45, 2.75) is 52.7 Å². The van der Waals surface area contributed by atoms with Gasteiger partial charge in [-0.25, -0.2) is 0 Å². The first-order chi connectivity index (χ1) is 9.81. The average molecular weight is 298 g/mol. The Morgan fingerprint density at radius 2 is 2.00 bits per heavy atom. The van der Waals surface area contributed by atoms with Crippen LogP contribution in [0.2, 0.25) is 0 Å². The maximum absolute atomic E-state index is 12.3. The van der Waals surface area contributed by atoms with E-state index in [0.717, 1.165) is 6.42 Å². The highest BCUT2D eigenvalue weighted by molar-refractivity contribution is 6.01. The Hall–Kier alpha value is -1.20. The van der Waals surface area contributed by atoms with Crippen molar-refractivity contribution >= 4 is 11.8 Å². The number of esters is 1. The molecule has 0 saturated carbocycles. The van der Waals surface area contributed by atoms with Crippen LogP contribution in [0.4, 0.5) is 0 Å². The number of Topliss-reactive ketones (excluding diaryl/α,β-unsaturated/α-hetero) is 1. The highest BCUT2D eigenvalue weighted by Gasteiger charge is 2.42. The summed E-state index contributed by atoms with van der Waals surface area (Å²) in [6.07, 6.45) is 0.562. The minimum atomic E-state index is -1.01. The fourth-order valence-corrected chi connectivity index (χ4v) is 2.56. The van der Waals surface area contributed by atoms with Gasteiger partial charge in [0.25, 0.3) is 0 Å². The molecule has 0 fully saturated rings. The predicted molar refractivity (Wildman–Crippen MR) is 78.5 cm³/mol. The lowest BCUT2D eigenvalue weighted by atomic mass is 9.77. The fourth-order valence-electron chi connectivity index (χ4n) is 2.56. The molecule has 0 bridgehead atoms. The standard InChI is InChI=1S/C16H26O5/c1-5-10(4)6-13(19)21-16-14(9(2)3)12(18)7-11(8-17)15(16)20/h7,9-10,12,14,16-18H,5-6,8H2,1-4H3/t10-,12+,14+,16-/m0/s1. The summed E-state index contributed by atoms with van der Waals surface area (Å²) in [7, 11) is 0. The Labute approximate surface area is 126 Å². The number of carbonyl (C=O) groups is 2. The van der Waals surface area contributed by atoms with Crippen molar-refractivity contribution in [1.82, 2.24) is 0 Å². The van der Waals surface area contributed by atoms with Crippen LogP contribution >= 0.6 is 0 Å². The first-order valence-electron chi connectivity index (χ1n) is 7.55. The first-order valence-corrected chi connectivity index (χ1v) is 7.55. The minimum absolute atomic E-state index is 0.0261. The second kappa shape index (κ2) is 7.71. The zero-order chi connectivity index (χ0) is 16.2. The van der Waals surface area contributed by atoms with E-state index in [1.807, 2.05) is 27.7 Å². The first kappa shape index (κ1) is 17.9. The van der Waals surface area contributed by atoms with Gasteiger partial charge < -0.3 is 14.9 Å². The molecule has 1 aliphatic rings. The van der Waals surface area contributed by atoms with Crippen molar-refractivity contribution in [3.8, 4) is 0 Å². The molecule has 1 rings (SSSR count). The molecule has 5 nitrogen and oxygen atoms in total. The molecule has 0 radical (unpaired) electrons. The SMILES string of the molecule is CC[C@H](C)CC(=O)O[C@@H]1C(=O)C(CO)=C[C@@H](O)[C@H]1C(C)C. The van der Waals surface area contributed by atoms with Gasteiger partial charge in [0.1, 0.15) is 0 Å². The third-order valence-corrected chi connectivity index (χ3v) is 4.10. The van der Waals surface area contributed by atoms with E-state index < -0.39 is 36.5 Å². The normalized spacial score (nSPS) is 27.5. The molecule has 0 aromatic rings. The monoisotopic (exact) mass is 298 g/mol. The van der Waals surface area contributed by atoms with Gasteiger partial charge in [-0.05, 0) is 17.9 Å². The topological polar surface area (TPSA) is 83.8 Å². The number of aliphatic hydroxyl groups is 2. The Morgan fingerprint density at radius 1 is 1.38 bits per heavy atom. The van der Waals surface area contributed by atoms with Crippen LogP contribution in [-0.4, -0.2) is 40.8 Å². The maximum atomic E-state index is 12.3. The molecule has 0 heterocycles. The Morgan fingerprint density at radius 3 is 2.48 bits per heavy atom. The second-order valence-electron chi connectivity index (χ2n) is 6.15. The second-order valence-corrected chi connectivity index (χ2v) is 6.15. The Balaban J connectivity index is 2.91. The predicted octanol–water partition coefficient (Wildman–Crippen LogP) is 1.47. The van der Waals surface area contributed by atoms with Crippen LogP contribution in [0, 0.1) is 17.8 Å². The molecule has 0 saturated heterocycles. The fraction of sp³-hybridized carbons (Fsp3) is 0.750. The quantitative estimate of drug-likeness (QED) is 0.725. The van der Waals surface area contributed by atoms with Crippen LogP contribution in [0.5, 0.6) is 0 Å². The van der Waals surface area contributed by atoms with Crippen molar-refractivity contribution in [1.29, 1.82) is 0 Å². The van der Waals surface area contributed by atoms with E-state index in [1.54, 1.807) is 0 Å². The minimum Gasteiger partial charge on any atom is -0.454 e. The molecule has 0 aromatic carbocycles. The molecule has 2 N–H and O–H groups in total. The van der Waals surface area contributed by atoms with Crippen molar-refractivity contribution in [2.75, 3.05) is 6.61 Å². The lowest BCUT2D eigenvalue weighted by Gasteiger charge is -2.35. The van der Waals surface area contributed by atoms with E-state index in [2.05, 4.69) is 0 Å². The van der Waals surface area contributed by atoms with Crippen LogP contribution in [0.3, 0.4) is 0 Å². The summed E-state index contributed by atoms with van der Waals surface area (Å²) in [5.41, 5.74) is 0.112. The third-order valence-electron chi connectivity index (χ3n) is 4.10. The van der Waals surface area contributed by atoms with E-state index in [-0.39, 0.29) is 23.8 Å². The summed E-state index contributed by atoms with van der Waals surface area (Å²) in [6.45, 7) is 7.21. The van der Waals surface area contributed by atoms with Crippen LogP contribution in [0.15, 0.2) is 11.6 Å². The molecule has 0 spiro atoms. The third kappa shape index (κ3) is 4.38. The number of hydrogen-bond donors (Lipinski definition) is 2. The Kier molecular flexibility index (Phi) is 6.55. The van der Waals surface area contributed by atoms with E-state index in [9.17, 15) is 19.8 Å².